The summed E-state index contributed by atoms with van der Waals surface area (Å²) < 4.78 is 35.5. The summed E-state index contributed by atoms with van der Waals surface area (Å²) in [5.41, 5.74) is 3.45. The second-order valence-corrected chi connectivity index (χ2v) is 16.3. The molecule has 9 heteroatoms. The molecule has 2 N–H and O–H groups in total. The Labute approximate surface area is 261 Å². The summed E-state index contributed by atoms with van der Waals surface area (Å²) in [6, 6.07) is 11.5. The molecule has 7 nitrogen and oxygen atoms in total. The second-order valence-electron chi connectivity index (χ2n) is 13.8. The number of aryl methyl sites for hydroxylation is 1. The van der Waals surface area contributed by atoms with E-state index in [1.54, 1.807) is 13.0 Å². The van der Waals surface area contributed by atoms with Crippen molar-refractivity contribution in [2.24, 2.45) is 23.7 Å². The summed E-state index contributed by atoms with van der Waals surface area (Å²) in [5.74, 6) is 0.968. The number of amides is 1. The van der Waals surface area contributed by atoms with Gasteiger partial charge in [0.25, 0.3) is 5.91 Å². The summed E-state index contributed by atoms with van der Waals surface area (Å²) in [6.07, 6.45) is 7.22. The molecule has 6 rings (SSSR count). The SMILES string of the molecule is CC1CCC[C@H]([C@H](C)O)C2CCC2CN2CC3(CCCc4cc(Cl)ccc43)COc3ccc(cc32)C(=O)NS(=O)(=O)C1C. The van der Waals surface area contributed by atoms with E-state index in [4.69, 9.17) is 16.3 Å². The summed E-state index contributed by atoms with van der Waals surface area (Å²) >= 11 is 6.41. The summed E-state index contributed by atoms with van der Waals surface area (Å²) in [4.78, 5) is 15.8. The molecule has 2 aromatic carbocycles. The van der Waals surface area contributed by atoms with Crippen LogP contribution in [0.3, 0.4) is 0 Å². The van der Waals surface area contributed by atoms with Gasteiger partial charge in [-0.1, -0.05) is 31.0 Å². The quantitative estimate of drug-likeness (QED) is 0.396. The Bertz CT molecular complexity index is 1480. The van der Waals surface area contributed by atoms with Crippen LogP contribution >= 0.6 is 11.6 Å². The molecule has 4 aliphatic rings. The molecular formula is C34H45ClN2O5S. The first kappa shape index (κ1) is 30.7. The highest BCUT2D eigenvalue weighted by Crippen LogP contribution is 2.48. The average Bonchev–Trinajstić information content (AvgIpc) is 3.10. The lowest BCUT2D eigenvalue weighted by Gasteiger charge is -2.47. The first-order valence-electron chi connectivity index (χ1n) is 16.0. The lowest BCUT2D eigenvalue weighted by Crippen LogP contribution is -2.49. The van der Waals surface area contributed by atoms with Crippen LogP contribution in [0.15, 0.2) is 36.4 Å². The normalized spacial score (nSPS) is 33.2. The van der Waals surface area contributed by atoms with Gasteiger partial charge in [0.05, 0.1) is 23.6 Å². The van der Waals surface area contributed by atoms with Gasteiger partial charge in [0.2, 0.25) is 10.0 Å². The number of anilines is 1. The van der Waals surface area contributed by atoms with Crippen molar-refractivity contribution in [1.82, 2.24) is 4.72 Å². The predicted molar refractivity (Wildman–Crippen MR) is 170 cm³/mol. The molecule has 234 valence electrons. The average molecular weight is 629 g/mol. The summed E-state index contributed by atoms with van der Waals surface area (Å²) in [5, 5.41) is 10.9. The third-order valence-electron chi connectivity index (χ3n) is 11.1. The number of carbonyl (C=O) groups excluding carboxylic acids is 1. The molecule has 1 fully saturated rings. The molecule has 2 aliphatic heterocycles. The van der Waals surface area contributed by atoms with Gasteiger partial charge in [-0.05, 0) is 124 Å². The third kappa shape index (κ3) is 5.91. The number of rotatable bonds is 1. The molecular weight excluding hydrogens is 584 g/mol. The zero-order chi connectivity index (χ0) is 30.5. The van der Waals surface area contributed by atoms with Gasteiger partial charge in [-0.3, -0.25) is 4.79 Å². The van der Waals surface area contributed by atoms with E-state index in [0.717, 1.165) is 75.2 Å². The Balaban J connectivity index is 1.42. The minimum Gasteiger partial charge on any atom is -0.490 e. The molecule has 0 radical (unpaired) electrons. The highest BCUT2D eigenvalue weighted by atomic mass is 35.5. The van der Waals surface area contributed by atoms with Gasteiger partial charge in [0, 0.05) is 29.1 Å². The minimum absolute atomic E-state index is 0.120. The third-order valence-corrected chi connectivity index (χ3v) is 13.3. The standard InChI is InChI=1S/C34H45ClN2O5S/c1-21-6-4-8-28(22(2)38)29-12-9-26(29)18-37-19-34(15-5-7-24-16-27(35)11-13-30(24)34)20-42-32-14-10-25(17-31(32)37)33(39)36-43(40,41)23(21)3/h10-11,13-14,16-17,21-23,26,28-29,38H,4-9,12,15,18-20H2,1-3H3,(H,36,39)/t21?,22-,23?,26?,28+,29?,34?/m0/s1. The van der Waals surface area contributed by atoms with Crippen LogP contribution in [0.4, 0.5) is 5.69 Å². The largest absolute Gasteiger partial charge is 0.490 e. The highest BCUT2D eigenvalue weighted by molar-refractivity contribution is 7.90. The maximum atomic E-state index is 13.4. The van der Waals surface area contributed by atoms with E-state index in [2.05, 4.69) is 21.8 Å². The number of benzene rings is 2. The monoisotopic (exact) mass is 628 g/mol. The number of fused-ring (bicyclic) bond motifs is 4. The van der Waals surface area contributed by atoms with Crippen LogP contribution in [0.25, 0.3) is 0 Å². The van der Waals surface area contributed by atoms with Gasteiger partial charge >= 0.3 is 0 Å². The summed E-state index contributed by atoms with van der Waals surface area (Å²) in [7, 11) is -3.88. The highest BCUT2D eigenvalue weighted by Gasteiger charge is 2.45. The van der Waals surface area contributed by atoms with Crippen molar-refractivity contribution in [1.29, 1.82) is 0 Å². The summed E-state index contributed by atoms with van der Waals surface area (Å²) in [6.45, 7) is 7.57. The smallest absolute Gasteiger partial charge is 0.264 e. The number of carbonyl (C=O) groups is 1. The molecule has 0 saturated heterocycles. The van der Waals surface area contributed by atoms with E-state index in [-0.39, 0.29) is 17.3 Å². The van der Waals surface area contributed by atoms with Crippen LogP contribution in [-0.4, -0.2) is 50.5 Å². The Kier molecular flexibility index (Phi) is 8.50. The molecule has 5 unspecified atom stereocenters. The van der Waals surface area contributed by atoms with E-state index < -0.39 is 27.3 Å². The van der Waals surface area contributed by atoms with Crippen molar-refractivity contribution < 1.29 is 23.1 Å². The molecule has 1 spiro atoms. The molecule has 2 aliphatic carbocycles. The number of nitrogens with zero attached hydrogens (tertiary/aromatic N) is 1. The fourth-order valence-electron chi connectivity index (χ4n) is 8.23. The van der Waals surface area contributed by atoms with Crippen molar-refractivity contribution in [3.05, 3.63) is 58.1 Å². The number of ether oxygens (including phenoxy) is 1. The zero-order valence-corrected chi connectivity index (χ0v) is 27.1. The van der Waals surface area contributed by atoms with Gasteiger partial charge in [-0.15, -0.1) is 0 Å². The number of aliphatic hydroxyl groups is 1. The van der Waals surface area contributed by atoms with Crippen LogP contribution in [-0.2, 0) is 21.9 Å². The van der Waals surface area contributed by atoms with Crippen molar-refractivity contribution in [3.8, 4) is 5.75 Å². The molecule has 1 saturated carbocycles. The van der Waals surface area contributed by atoms with Gasteiger partial charge in [-0.25, -0.2) is 13.1 Å². The molecule has 1 amide bonds. The lowest BCUT2D eigenvalue weighted by atomic mass is 9.64. The van der Waals surface area contributed by atoms with Gasteiger partial charge in [-0.2, -0.15) is 0 Å². The number of sulfonamides is 1. The van der Waals surface area contributed by atoms with Crippen molar-refractivity contribution in [3.63, 3.8) is 0 Å². The van der Waals surface area contributed by atoms with Gasteiger partial charge in [0.15, 0.2) is 0 Å². The number of halogens is 1. The second kappa shape index (κ2) is 11.9. The topological polar surface area (TPSA) is 95.9 Å². The number of nitrogens with one attached hydrogen (secondary N) is 1. The number of hydrogen-bond donors (Lipinski definition) is 2. The first-order valence-corrected chi connectivity index (χ1v) is 17.9. The fraction of sp³-hybridized carbons (Fsp3) is 0.618. The molecule has 43 heavy (non-hydrogen) atoms. The van der Waals surface area contributed by atoms with Gasteiger partial charge in [0.1, 0.15) is 5.75 Å². The Morgan fingerprint density at radius 3 is 2.65 bits per heavy atom. The zero-order valence-electron chi connectivity index (χ0n) is 25.5. The van der Waals surface area contributed by atoms with Crippen LogP contribution in [0, 0.1) is 23.7 Å². The Morgan fingerprint density at radius 2 is 1.91 bits per heavy atom. The minimum atomic E-state index is -3.88. The first-order chi connectivity index (χ1) is 20.5. The Morgan fingerprint density at radius 1 is 1.09 bits per heavy atom. The van der Waals surface area contributed by atoms with E-state index in [1.807, 2.05) is 32.0 Å². The van der Waals surface area contributed by atoms with E-state index in [1.165, 1.54) is 11.1 Å². The predicted octanol–water partition coefficient (Wildman–Crippen LogP) is 6.10. The maximum absolute atomic E-state index is 13.4. The molecule has 7 atom stereocenters. The van der Waals surface area contributed by atoms with E-state index in [0.29, 0.717) is 29.8 Å². The maximum Gasteiger partial charge on any atom is 0.264 e. The molecule has 2 bridgehead atoms. The van der Waals surface area contributed by atoms with Crippen LogP contribution in [0.2, 0.25) is 5.02 Å². The lowest BCUT2D eigenvalue weighted by molar-refractivity contribution is 0.0112. The van der Waals surface area contributed by atoms with Gasteiger partial charge < -0.3 is 14.7 Å². The number of hydrogen-bond acceptors (Lipinski definition) is 6. The van der Waals surface area contributed by atoms with Crippen LogP contribution in [0.1, 0.15) is 87.2 Å². The Hall–Kier alpha value is -2.29. The molecule has 0 aromatic heterocycles. The van der Waals surface area contributed by atoms with E-state index >= 15 is 0 Å². The molecule has 2 aromatic rings. The van der Waals surface area contributed by atoms with E-state index in [9.17, 15) is 18.3 Å². The van der Waals surface area contributed by atoms with Crippen molar-refractivity contribution in [2.45, 2.75) is 88.9 Å². The van der Waals surface area contributed by atoms with Crippen molar-refractivity contribution in [2.75, 3.05) is 24.6 Å². The van der Waals surface area contributed by atoms with Crippen LogP contribution < -0.4 is 14.4 Å². The van der Waals surface area contributed by atoms with Crippen LogP contribution in [0.5, 0.6) is 5.75 Å². The molecule has 2 heterocycles. The fourth-order valence-corrected chi connectivity index (χ4v) is 9.74. The number of aliphatic hydroxyl groups excluding tert-OH is 1. The van der Waals surface area contributed by atoms with Crippen molar-refractivity contribution >= 4 is 33.2 Å².